The molecule has 0 aliphatic rings. The molecule has 0 bridgehead atoms. The summed E-state index contributed by atoms with van der Waals surface area (Å²) in [5.74, 6) is 2.11. The third-order valence-corrected chi connectivity index (χ3v) is 3.90. The van der Waals surface area contributed by atoms with Gasteiger partial charge < -0.3 is 5.32 Å². The van der Waals surface area contributed by atoms with E-state index < -0.39 is 0 Å². The van der Waals surface area contributed by atoms with Gasteiger partial charge in [-0.3, -0.25) is 0 Å². The van der Waals surface area contributed by atoms with Crippen LogP contribution in [0.25, 0.3) is 10.1 Å². The maximum absolute atomic E-state index is 4.39. The summed E-state index contributed by atoms with van der Waals surface area (Å²) in [5.41, 5.74) is 0. The molecule has 2 aromatic rings. The number of rotatable bonds is 4. The minimum atomic E-state index is 0.456. The average molecular weight is 238 g/mol. The molecule has 0 aliphatic carbocycles. The number of thiophene rings is 1. The molecule has 1 unspecified atom stereocenters. The van der Waals surface area contributed by atoms with E-state index in [4.69, 9.17) is 0 Å². The van der Waals surface area contributed by atoms with Crippen molar-refractivity contribution in [3.8, 4) is 0 Å². The Balaban J connectivity index is 2.23. The zero-order valence-corrected chi connectivity index (χ0v) is 10.5. The molecule has 2 rings (SSSR count). The largest absolute Gasteiger partial charge is 0.366 e. The predicted molar refractivity (Wildman–Crippen MR) is 71.1 cm³/mol. The lowest BCUT2D eigenvalue weighted by Crippen LogP contribution is -2.18. The smallest absolute Gasteiger partial charge is 0.134 e. The van der Waals surface area contributed by atoms with Crippen LogP contribution >= 0.6 is 23.1 Å². The number of fused-ring (bicyclic) bond motifs is 1. The Labute approximate surface area is 98.1 Å². The number of nitrogens with one attached hydrogen (secondary N) is 1. The van der Waals surface area contributed by atoms with Gasteiger partial charge in [0.05, 0.1) is 0 Å². The number of pyridine rings is 1. The van der Waals surface area contributed by atoms with Crippen LogP contribution in [0.15, 0.2) is 23.7 Å². The molecule has 80 valence electrons. The SMILES string of the molecule is CSCC(C)Nc1nccc2sccc12. The van der Waals surface area contributed by atoms with Crippen LogP contribution in [0.4, 0.5) is 5.82 Å². The fourth-order valence-electron chi connectivity index (χ4n) is 1.53. The second-order valence-electron chi connectivity index (χ2n) is 3.49. The highest BCUT2D eigenvalue weighted by molar-refractivity contribution is 7.98. The Morgan fingerprint density at radius 3 is 3.20 bits per heavy atom. The maximum atomic E-state index is 4.39. The van der Waals surface area contributed by atoms with Crippen LogP contribution in [-0.2, 0) is 0 Å². The van der Waals surface area contributed by atoms with Gasteiger partial charge in [-0.05, 0) is 30.7 Å². The quantitative estimate of drug-likeness (QED) is 0.883. The monoisotopic (exact) mass is 238 g/mol. The van der Waals surface area contributed by atoms with Crippen molar-refractivity contribution >= 4 is 39.0 Å². The number of nitrogens with zero attached hydrogens (tertiary/aromatic N) is 1. The molecule has 0 aromatic carbocycles. The standard InChI is InChI=1S/C11H14N2S2/c1-8(7-14-2)13-11-9-4-6-15-10(9)3-5-12-11/h3-6,8H,7H2,1-2H3,(H,12,13). The average Bonchev–Trinajstić information content (AvgIpc) is 2.67. The molecule has 0 aliphatic heterocycles. The van der Waals surface area contributed by atoms with Gasteiger partial charge in [0.1, 0.15) is 5.82 Å². The highest BCUT2D eigenvalue weighted by Gasteiger charge is 2.06. The molecule has 0 saturated carbocycles. The van der Waals surface area contributed by atoms with Crippen molar-refractivity contribution in [2.45, 2.75) is 13.0 Å². The van der Waals surface area contributed by atoms with Gasteiger partial charge >= 0.3 is 0 Å². The molecule has 0 spiro atoms. The summed E-state index contributed by atoms with van der Waals surface area (Å²) in [6.45, 7) is 2.18. The summed E-state index contributed by atoms with van der Waals surface area (Å²) in [6, 6.07) is 4.64. The Morgan fingerprint density at radius 2 is 2.40 bits per heavy atom. The van der Waals surface area contributed by atoms with E-state index in [2.05, 4.69) is 41.0 Å². The topological polar surface area (TPSA) is 24.9 Å². The third kappa shape index (κ3) is 2.44. The summed E-state index contributed by atoms with van der Waals surface area (Å²) >= 11 is 3.61. The number of anilines is 1. The van der Waals surface area contributed by atoms with Crippen molar-refractivity contribution in [2.75, 3.05) is 17.3 Å². The van der Waals surface area contributed by atoms with Gasteiger partial charge in [-0.1, -0.05) is 0 Å². The molecule has 0 radical (unpaired) electrons. The number of aromatic nitrogens is 1. The third-order valence-electron chi connectivity index (χ3n) is 2.18. The summed E-state index contributed by atoms with van der Waals surface area (Å²) < 4.78 is 1.30. The first-order valence-corrected chi connectivity index (χ1v) is 7.16. The van der Waals surface area contributed by atoms with Gasteiger partial charge in [-0.15, -0.1) is 11.3 Å². The second kappa shape index (κ2) is 4.86. The van der Waals surface area contributed by atoms with Crippen LogP contribution in [0.1, 0.15) is 6.92 Å². The first kappa shape index (κ1) is 10.8. The highest BCUT2D eigenvalue weighted by Crippen LogP contribution is 2.26. The number of hydrogen-bond acceptors (Lipinski definition) is 4. The zero-order chi connectivity index (χ0) is 10.7. The highest BCUT2D eigenvalue weighted by atomic mass is 32.2. The zero-order valence-electron chi connectivity index (χ0n) is 8.86. The molecule has 0 amide bonds. The summed E-state index contributed by atoms with van der Waals surface area (Å²) in [6.07, 6.45) is 3.99. The molecule has 4 heteroatoms. The minimum Gasteiger partial charge on any atom is -0.366 e. The Bertz CT molecular complexity index is 439. The molecule has 2 aromatic heterocycles. The van der Waals surface area contributed by atoms with E-state index in [0.717, 1.165) is 11.6 Å². The first-order chi connectivity index (χ1) is 7.31. The van der Waals surface area contributed by atoms with E-state index in [9.17, 15) is 0 Å². The molecule has 1 atom stereocenters. The van der Waals surface area contributed by atoms with Crippen molar-refractivity contribution in [3.05, 3.63) is 23.7 Å². The Morgan fingerprint density at radius 1 is 1.53 bits per heavy atom. The maximum Gasteiger partial charge on any atom is 0.134 e. The van der Waals surface area contributed by atoms with E-state index in [1.54, 1.807) is 11.3 Å². The molecule has 2 heterocycles. The minimum absolute atomic E-state index is 0.456. The van der Waals surface area contributed by atoms with Crippen molar-refractivity contribution < 1.29 is 0 Å². The molecule has 15 heavy (non-hydrogen) atoms. The molecule has 2 nitrogen and oxygen atoms in total. The van der Waals surface area contributed by atoms with Gasteiger partial charge in [0.15, 0.2) is 0 Å². The van der Waals surface area contributed by atoms with Crippen molar-refractivity contribution in [1.82, 2.24) is 4.98 Å². The Hall–Kier alpha value is -0.740. The van der Waals surface area contributed by atoms with Gasteiger partial charge in [0, 0.05) is 28.1 Å². The first-order valence-electron chi connectivity index (χ1n) is 4.89. The lowest BCUT2D eigenvalue weighted by Gasteiger charge is -2.13. The second-order valence-corrected chi connectivity index (χ2v) is 5.35. The fraction of sp³-hybridized carbons (Fsp3) is 0.364. The lowest BCUT2D eigenvalue weighted by molar-refractivity contribution is 0.906. The molecule has 0 saturated heterocycles. The van der Waals surface area contributed by atoms with Gasteiger partial charge in [0.2, 0.25) is 0 Å². The predicted octanol–water partition coefficient (Wildman–Crippen LogP) is 3.46. The number of hydrogen-bond donors (Lipinski definition) is 1. The molecule has 1 N–H and O–H groups in total. The van der Waals surface area contributed by atoms with Gasteiger partial charge in [-0.2, -0.15) is 11.8 Å². The normalized spacial score (nSPS) is 12.9. The van der Waals surface area contributed by atoms with Crippen molar-refractivity contribution in [1.29, 1.82) is 0 Å². The lowest BCUT2D eigenvalue weighted by atomic mass is 10.3. The van der Waals surface area contributed by atoms with Gasteiger partial charge in [0.25, 0.3) is 0 Å². The molecular weight excluding hydrogens is 224 g/mol. The van der Waals surface area contributed by atoms with E-state index >= 15 is 0 Å². The molecular formula is C11H14N2S2. The van der Waals surface area contributed by atoms with E-state index in [-0.39, 0.29) is 0 Å². The van der Waals surface area contributed by atoms with Crippen LogP contribution in [0, 0.1) is 0 Å². The summed E-state index contributed by atoms with van der Waals surface area (Å²) in [5, 5.41) is 6.79. The van der Waals surface area contributed by atoms with Crippen molar-refractivity contribution in [2.24, 2.45) is 0 Å². The van der Waals surface area contributed by atoms with Crippen LogP contribution in [0.2, 0.25) is 0 Å². The fourth-order valence-corrected chi connectivity index (χ4v) is 2.90. The van der Waals surface area contributed by atoms with Crippen LogP contribution in [-0.4, -0.2) is 23.0 Å². The molecule has 0 fully saturated rings. The van der Waals surface area contributed by atoms with E-state index in [0.29, 0.717) is 6.04 Å². The van der Waals surface area contributed by atoms with E-state index in [1.165, 1.54) is 10.1 Å². The summed E-state index contributed by atoms with van der Waals surface area (Å²) in [4.78, 5) is 4.39. The van der Waals surface area contributed by atoms with Crippen LogP contribution in [0.3, 0.4) is 0 Å². The number of thioether (sulfide) groups is 1. The van der Waals surface area contributed by atoms with Crippen LogP contribution in [0.5, 0.6) is 0 Å². The summed E-state index contributed by atoms with van der Waals surface area (Å²) in [7, 11) is 0. The Kier molecular flexibility index (Phi) is 3.49. The van der Waals surface area contributed by atoms with Crippen molar-refractivity contribution in [3.63, 3.8) is 0 Å². The van der Waals surface area contributed by atoms with Gasteiger partial charge in [-0.25, -0.2) is 4.98 Å². The van der Waals surface area contributed by atoms with Crippen LogP contribution < -0.4 is 5.32 Å². The van der Waals surface area contributed by atoms with E-state index in [1.807, 2.05) is 18.0 Å².